The number of hydrazine groups is 1. The van der Waals surface area contributed by atoms with Gasteiger partial charge in [0.1, 0.15) is 9.88 Å². The molecule has 0 spiro atoms. The van der Waals surface area contributed by atoms with Gasteiger partial charge in [0.05, 0.1) is 10.6 Å². The fourth-order valence-corrected chi connectivity index (χ4v) is 5.81. The maximum atomic E-state index is 13.0. The molecule has 0 fully saturated rings. The lowest BCUT2D eigenvalue weighted by atomic mass is 9.95. The first-order valence-corrected chi connectivity index (χ1v) is 11.8. The molecule has 1 aromatic heterocycles. The molecule has 1 heterocycles. The number of nitrogens with one attached hydrogen (secondary N) is 2. The van der Waals surface area contributed by atoms with Crippen LogP contribution in [-0.4, -0.2) is 19.3 Å². The Morgan fingerprint density at radius 1 is 0.867 bits per heavy atom. The summed E-state index contributed by atoms with van der Waals surface area (Å²) in [4.78, 5) is 19.9. The Bertz CT molecular complexity index is 1200. The van der Waals surface area contributed by atoms with Gasteiger partial charge in [-0.05, 0) is 69.4 Å². The third kappa shape index (κ3) is 4.03. The number of hydrogen-bond acceptors (Lipinski definition) is 5. The first kappa shape index (κ1) is 22.1. The number of sulfonamides is 1. The highest BCUT2D eigenvalue weighted by Crippen LogP contribution is 2.30. The van der Waals surface area contributed by atoms with Crippen LogP contribution in [-0.2, 0) is 10.0 Å². The minimum absolute atomic E-state index is 0.203. The van der Waals surface area contributed by atoms with E-state index in [2.05, 4.69) is 15.2 Å². The van der Waals surface area contributed by atoms with Gasteiger partial charge in [0, 0.05) is 5.56 Å². The molecule has 3 aromatic rings. The predicted molar refractivity (Wildman–Crippen MR) is 120 cm³/mol. The summed E-state index contributed by atoms with van der Waals surface area (Å²) in [5.41, 5.74) is 8.08. The van der Waals surface area contributed by atoms with Crippen molar-refractivity contribution in [2.24, 2.45) is 0 Å². The maximum Gasteiger partial charge on any atom is 0.278 e. The van der Waals surface area contributed by atoms with Gasteiger partial charge in [-0.3, -0.25) is 10.2 Å². The van der Waals surface area contributed by atoms with Crippen LogP contribution in [0, 0.1) is 41.5 Å². The Hall–Kier alpha value is -2.55. The maximum absolute atomic E-state index is 13.0. The molecule has 0 saturated heterocycles. The number of carbonyl (C=O) groups is 1. The molecule has 0 atom stereocenters. The third-order valence-corrected chi connectivity index (χ3v) is 8.25. The summed E-state index contributed by atoms with van der Waals surface area (Å²) in [6.45, 7) is 11.1. The molecule has 0 aliphatic rings. The quantitative estimate of drug-likeness (QED) is 0.576. The first-order chi connectivity index (χ1) is 14.0. The molecular formula is C22H25N3O3S2. The fraction of sp³-hybridized carbons (Fsp3) is 0.273. The highest BCUT2D eigenvalue weighted by Gasteiger charge is 2.25. The average Bonchev–Trinajstić information content (AvgIpc) is 3.11. The van der Waals surface area contributed by atoms with E-state index in [1.807, 2.05) is 51.1 Å². The lowest BCUT2D eigenvalue weighted by molar-refractivity contribution is 0.0948. The predicted octanol–water partition coefficient (Wildman–Crippen LogP) is 4.28. The van der Waals surface area contributed by atoms with Crippen molar-refractivity contribution in [2.45, 2.75) is 46.4 Å². The van der Waals surface area contributed by atoms with Crippen LogP contribution < -0.4 is 10.3 Å². The molecule has 0 unspecified atom stereocenters. The van der Waals surface area contributed by atoms with Crippen LogP contribution in [0.3, 0.4) is 0 Å². The molecule has 8 heteroatoms. The average molecular weight is 444 g/mol. The topological polar surface area (TPSA) is 88.2 Å². The van der Waals surface area contributed by atoms with Crippen molar-refractivity contribution in [3.63, 3.8) is 0 Å². The summed E-state index contributed by atoms with van der Waals surface area (Å²) in [7, 11) is -3.94. The lowest BCUT2D eigenvalue weighted by Crippen LogP contribution is -2.42. The summed E-state index contributed by atoms with van der Waals surface area (Å²) in [6, 6.07) is 9.53. The Labute approximate surface area is 181 Å². The van der Waals surface area contributed by atoms with E-state index in [1.54, 1.807) is 20.8 Å². The molecule has 0 radical (unpaired) electrons. The fourth-order valence-electron chi connectivity index (χ4n) is 3.40. The minimum Gasteiger partial charge on any atom is -0.273 e. The molecule has 0 aliphatic carbocycles. The van der Waals surface area contributed by atoms with Crippen LogP contribution in [0.25, 0.3) is 10.6 Å². The standard InChI is InChI=1S/C22H25N3O3S2/c1-12-13(2)15(4)20(16(5)14(12)3)30(27,28)25-24-21(26)19-17(6)23-22(29-19)18-10-8-7-9-11-18/h7-11,25H,1-6H3,(H,24,26). The summed E-state index contributed by atoms with van der Waals surface area (Å²) in [5, 5.41) is 0.706. The molecule has 2 N–H and O–H groups in total. The van der Waals surface area contributed by atoms with Crippen molar-refractivity contribution in [3.8, 4) is 10.6 Å². The second-order valence-electron chi connectivity index (χ2n) is 7.31. The molecular weight excluding hydrogens is 418 g/mol. The zero-order chi connectivity index (χ0) is 22.2. The van der Waals surface area contributed by atoms with Crippen molar-refractivity contribution < 1.29 is 13.2 Å². The van der Waals surface area contributed by atoms with Gasteiger partial charge in [-0.2, -0.15) is 0 Å². The van der Waals surface area contributed by atoms with Crippen LogP contribution in [0.5, 0.6) is 0 Å². The van der Waals surface area contributed by atoms with E-state index in [0.29, 0.717) is 26.7 Å². The lowest BCUT2D eigenvalue weighted by Gasteiger charge is -2.19. The third-order valence-electron chi connectivity index (χ3n) is 5.52. The Balaban J connectivity index is 1.86. The van der Waals surface area contributed by atoms with Crippen molar-refractivity contribution in [1.82, 2.24) is 15.2 Å². The van der Waals surface area contributed by atoms with E-state index in [9.17, 15) is 13.2 Å². The van der Waals surface area contributed by atoms with Gasteiger partial charge >= 0.3 is 0 Å². The second kappa shape index (κ2) is 8.29. The molecule has 0 saturated carbocycles. The van der Waals surface area contributed by atoms with E-state index < -0.39 is 15.9 Å². The van der Waals surface area contributed by atoms with Gasteiger partial charge in [0.2, 0.25) is 0 Å². The number of aryl methyl sites for hydroxylation is 1. The summed E-state index contributed by atoms with van der Waals surface area (Å²) in [6.07, 6.45) is 0. The Morgan fingerprint density at radius 3 is 1.97 bits per heavy atom. The molecule has 3 rings (SSSR count). The van der Waals surface area contributed by atoms with Crippen LogP contribution in [0.4, 0.5) is 0 Å². The molecule has 0 bridgehead atoms. The molecule has 158 valence electrons. The Morgan fingerprint density at radius 2 is 1.40 bits per heavy atom. The SMILES string of the molecule is Cc1nc(-c2ccccc2)sc1C(=O)NNS(=O)(=O)c1c(C)c(C)c(C)c(C)c1C. The number of rotatable bonds is 5. The highest BCUT2D eigenvalue weighted by molar-refractivity contribution is 7.89. The van der Waals surface area contributed by atoms with Crippen molar-refractivity contribution in [1.29, 1.82) is 0 Å². The van der Waals surface area contributed by atoms with Crippen molar-refractivity contribution in [2.75, 3.05) is 0 Å². The van der Waals surface area contributed by atoms with E-state index >= 15 is 0 Å². The van der Waals surface area contributed by atoms with Crippen LogP contribution in [0.2, 0.25) is 0 Å². The summed E-state index contributed by atoms with van der Waals surface area (Å²) in [5.74, 6) is -0.536. The molecule has 2 aromatic carbocycles. The van der Waals surface area contributed by atoms with Gasteiger partial charge in [0.25, 0.3) is 15.9 Å². The molecule has 1 amide bonds. The number of amides is 1. The monoisotopic (exact) mass is 443 g/mol. The number of carbonyl (C=O) groups excluding carboxylic acids is 1. The number of nitrogens with zero attached hydrogens (tertiary/aromatic N) is 1. The smallest absolute Gasteiger partial charge is 0.273 e. The van der Waals surface area contributed by atoms with Gasteiger partial charge < -0.3 is 0 Å². The number of aromatic nitrogens is 1. The highest BCUT2D eigenvalue weighted by atomic mass is 32.2. The number of thiazole rings is 1. The normalized spacial score (nSPS) is 11.5. The van der Waals surface area contributed by atoms with Crippen LogP contribution in [0.15, 0.2) is 35.2 Å². The number of benzene rings is 2. The molecule has 30 heavy (non-hydrogen) atoms. The molecule has 6 nitrogen and oxygen atoms in total. The van der Waals surface area contributed by atoms with Crippen molar-refractivity contribution in [3.05, 3.63) is 68.7 Å². The van der Waals surface area contributed by atoms with E-state index in [4.69, 9.17) is 0 Å². The van der Waals surface area contributed by atoms with Gasteiger partial charge in [-0.25, -0.2) is 13.4 Å². The number of hydrogen-bond donors (Lipinski definition) is 2. The molecule has 0 aliphatic heterocycles. The van der Waals surface area contributed by atoms with Crippen molar-refractivity contribution >= 4 is 27.3 Å². The van der Waals surface area contributed by atoms with Gasteiger partial charge in [-0.1, -0.05) is 30.3 Å². The summed E-state index contributed by atoms with van der Waals surface area (Å²) < 4.78 is 26.0. The van der Waals surface area contributed by atoms with Gasteiger partial charge in [0.15, 0.2) is 0 Å². The second-order valence-corrected chi connectivity index (χ2v) is 9.93. The largest absolute Gasteiger partial charge is 0.278 e. The van der Waals surface area contributed by atoms with Gasteiger partial charge in [-0.15, -0.1) is 16.2 Å². The van der Waals surface area contributed by atoms with E-state index in [-0.39, 0.29) is 4.90 Å². The zero-order valence-corrected chi connectivity index (χ0v) is 19.5. The zero-order valence-electron chi connectivity index (χ0n) is 17.9. The van der Waals surface area contributed by atoms with Crippen LogP contribution in [0.1, 0.15) is 43.2 Å². The van der Waals surface area contributed by atoms with Crippen LogP contribution >= 0.6 is 11.3 Å². The Kier molecular flexibility index (Phi) is 6.12. The van der Waals surface area contributed by atoms with E-state index in [1.165, 1.54) is 11.3 Å². The first-order valence-electron chi connectivity index (χ1n) is 9.46. The minimum atomic E-state index is -3.94. The summed E-state index contributed by atoms with van der Waals surface area (Å²) >= 11 is 1.22. The van der Waals surface area contributed by atoms with E-state index in [0.717, 1.165) is 22.3 Å².